The van der Waals surface area contributed by atoms with Gasteiger partial charge in [0.2, 0.25) is 10.0 Å². The molecule has 0 unspecified atom stereocenters. The summed E-state index contributed by atoms with van der Waals surface area (Å²) in [5.74, 6) is -0.0806. The lowest BCUT2D eigenvalue weighted by atomic mass is 10.2. The van der Waals surface area contributed by atoms with Gasteiger partial charge >= 0.3 is 0 Å². The molecule has 1 saturated heterocycles. The number of benzene rings is 1. The first-order valence-electron chi connectivity index (χ1n) is 7.22. The van der Waals surface area contributed by atoms with E-state index in [9.17, 15) is 16.8 Å². The van der Waals surface area contributed by atoms with Gasteiger partial charge < -0.3 is 0 Å². The van der Waals surface area contributed by atoms with Crippen molar-refractivity contribution in [2.24, 2.45) is 0 Å². The molecule has 0 amide bonds. The Hall–Kier alpha value is -1.18. The largest absolute Gasteiger partial charge is 0.243 e. The van der Waals surface area contributed by atoms with E-state index in [0.717, 1.165) is 12.0 Å². The van der Waals surface area contributed by atoms with Gasteiger partial charge in [-0.3, -0.25) is 0 Å². The topological polar surface area (TPSA) is 71.5 Å². The number of aryl methyl sites for hydroxylation is 1. The predicted molar refractivity (Wildman–Crippen MR) is 87.0 cm³/mol. The maximum Gasteiger partial charge on any atom is 0.243 e. The highest BCUT2D eigenvalue weighted by Crippen LogP contribution is 2.25. The van der Waals surface area contributed by atoms with E-state index in [1.807, 2.05) is 6.92 Å². The quantitative estimate of drug-likeness (QED) is 0.736. The van der Waals surface area contributed by atoms with E-state index < -0.39 is 25.9 Å². The molecule has 7 heteroatoms. The van der Waals surface area contributed by atoms with Crippen LogP contribution in [0.2, 0.25) is 0 Å². The van der Waals surface area contributed by atoms with Crippen molar-refractivity contribution in [3.8, 4) is 0 Å². The summed E-state index contributed by atoms with van der Waals surface area (Å²) in [6.45, 7) is 5.69. The zero-order valence-electron chi connectivity index (χ0n) is 12.6. The number of sulfone groups is 1. The van der Waals surface area contributed by atoms with E-state index in [1.54, 1.807) is 24.3 Å². The Balaban J connectivity index is 2.35. The molecule has 5 nitrogen and oxygen atoms in total. The van der Waals surface area contributed by atoms with Crippen molar-refractivity contribution < 1.29 is 16.8 Å². The minimum absolute atomic E-state index is 0.0373. The highest BCUT2D eigenvalue weighted by atomic mass is 32.2. The normalized spacial score (nSPS) is 21.1. The van der Waals surface area contributed by atoms with Crippen LogP contribution in [0.15, 0.2) is 41.8 Å². The van der Waals surface area contributed by atoms with Gasteiger partial charge in [-0.15, -0.1) is 6.58 Å². The Kier molecular flexibility index (Phi) is 5.09. The number of nitrogens with zero attached hydrogens (tertiary/aromatic N) is 1. The van der Waals surface area contributed by atoms with Gasteiger partial charge in [0.15, 0.2) is 9.84 Å². The van der Waals surface area contributed by atoms with Gasteiger partial charge in [0.05, 0.1) is 16.4 Å². The van der Waals surface area contributed by atoms with E-state index in [1.165, 1.54) is 10.4 Å². The van der Waals surface area contributed by atoms with Gasteiger partial charge in [-0.25, -0.2) is 16.8 Å². The van der Waals surface area contributed by atoms with Gasteiger partial charge in [-0.05, 0) is 30.5 Å². The number of hydrogen-bond donors (Lipinski definition) is 0. The highest BCUT2D eigenvalue weighted by Gasteiger charge is 2.38. The Labute approximate surface area is 132 Å². The molecule has 1 heterocycles. The summed E-state index contributed by atoms with van der Waals surface area (Å²) in [5.41, 5.74) is 1.05. The average molecular weight is 343 g/mol. The first kappa shape index (κ1) is 17.2. The van der Waals surface area contributed by atoms with Gasteiger partial charge in [0.1, 0.15) is 0 Å². The summed E-state index contributed by atoms with van der Waals surface area (Å²) in [5, 5.41) is 0. The Morgan fingerprint density at radius 3 is 2.41 bits per heavy atom. The average Bonchev–Trinajstić information content (AvgIpc) is 2.84. The summed E-state index contributed by atoms with van der Waals surface area (Å²) in [4.78, 5) is 0.191. The van der Waals surface area contributed by atoms with Crippen molar-refractivity contribution in [1.82, 2.24) is 4.31 Å². The van der Waals surface area contributed by atoms with E-state index in [4.69, 9.17) is 0 Å². The molecule has 2 rings (SSSR count). The van der Waals surface area contributed by atoms with Crippen LogP contribution in [0, 0.1) is 0 Å². The zero-order chi connectivity index (χ0) is 16.4. The van der Waals surface area contributed by atoms with Crippen LogP contribution in [0.25, 0.3) is 0 Å². The molecule has 1 fully saturated rings. The molecule has 0 aliphatic carbocycles. The molecule has 0 aromatic heterocycles. The van der Waals surface area contributed by atoms with Crippen LogP contribution < -0.4 is 0 Å². The van der Waals surface area contributed by atoms with E-state index in [2.05, 4.69) is 6.58 Å². The fraction of sp³-hybridized carbons (Fsp3) is 0.467. The molecule has 0 saturated carbocycles. The molecule has 22 heavy (non-hydrogen) atoms. The van der Waals surface area contributed by atoms with E-state index in [-0.39, 0.29) is 22.9 Å². The first-order valence-corrected chi connectivity index (χ1v) is 10.5. The summed E-state index contributed by atoms with van der Waals surface area (Å²) >= 11 is 0. The maximum absolute atomic E-state index is 12.8. The molecule has 0 radical (unpaired) electrons. The third-order valence-electron chi connectivity index (χ3n) is 3.86. The van der Waals surface area contributed by atoms with Gasteiger partial charge in [0.25, 0.3) is 0 Å². The summed E-state index contributed by atoms with van der Waals surface area (Å²) < 4.78 is 50.2. The number of rotatable bonds is 6. The van der Waals surface area contributed by atoms with Crippen molar-refractivity contribution in [2.75, 3.05) is 18.1 Å². The summed E-state index contributed by atoms with van der Waals surface area (Å²) in [6, 6.07) is 6.20. The Bertz CT molecular complexity index is 736. The van der Waals surface area contributed by atoms with Gasteiger partial charge in [-0.1, -0.05) is 25.1 Å². The van der Waals surface area contributed by atoms with Crippen LogP contribution in [-0.4, -0.2) is 45.2 Å². The molecular weight excluding hydrogens is 322 g/mol. The number of hydrogen-bond acceptors (Lipinski definition) is 4. The van der Waals surface area contributed by atoms with E-state index >= 15 is 0 Å². The third-order valence-corrected chi connectivity index (χ3v) is 7.55. The first-order chi connectivity index (χ1) is 10.3. The molecule has 122 valence electrons. The minimum Gasteiger partial charge on any atom is -0.229 e. The monoisotopic (exact) mass is 343 g/mol. The second-order valence-electron chi connectivity index (χ2n) is 5.42. The van der Waals surface area contributed by atoms with Crippen LogP contribution in [0.1, 0.15) is 18.9 Å². The molecule has 1 aromatic carbocycles. The fourth-order valence-electron chi connectivity index (χ4n) is 2.61. The Morgan fingerprint density at radius 2 is 1.95 bits per heavy atom. The Morgan fingerprint density at radius 1 is 1.32 bits per heavy atom. The molecule has 0 spiro atoms. The molecule has 0 bridgehead atoms. The lowest BCUT2D eigenvalue weighted by Gasteiger charge is -2.26. The van der Waals surface area contributed by atoms with Gasteiger partial charge in [-0.2, -0.15) is 4.31 Å². The third kappa shape index (κ3) is 3.59. The van der Waals surface area contributed by atoms with Crippen molar-refractivity contribution in [1.29, 1.82) is 0 Å². The zero-order valence-corrected chi connectivity index (χ0v) is 14.2. The molecule has 1 aromatic rings. The SMILES string of the molecule is C=CCN([C@H]1CCS(=O)(=O)C1)S(=O)(=O)c1ccc(CC)cc1. The van der Waals surface area contributed by atoms with Crippen LogP contribution >= 0.6 is 0 Å². The molecule has 1 atom stereocenters. The highest BCUT2D eigenvalue weighted by molar-refractivity contribution is 7.92. The standard InChI is InChI=1S/C15H21NO4S2/c1-3-10-16(14-9-11-21(17,18)12-14)22(19,20)15-7-5-13(4-2)6-8-15/h3,5-8,14H,1,4,9-12H2,2H3/t14-/m0/s1. The van der Waals surface area contributed by atoms with Crippen LogP contribution in [-0.2, 0) is 26.3 Å². The maximum atomic E-state index is 12.8. The van der Waals surface area contributed by atoms with E-state index in [0.29, 0.717) is 6.42 Å². The molecular formula is C15H21NO4S2. The second-order valence-corrected chi connectivity index (χ2v) is 9.54. The van der Waals surface area contributed by atoms with Crippen LogP contribution in [0.3, 0.4) is 0 Å². The lowest BCUT2D eigenvalue weighted by Crippen LogP contribution is -2.41. The fourth-order valence-corrected chi connectivity index (χ4v) is 6.06. The van der Waals surface area contributed by atoms with Crippen molar-refractivity contribution in [3.05, 3.63) is 42.5 Å². The molecule has 0 N–H and O–H groups in total. The van der Waals surface area contributed by atoms with Gasteiger partial charge in [0, 0.05) is 12.6 Å². The number of sulfonamides is 1. The van der Waals surface area contributed by atoms with Crippen molar-refractivity contribution in [3.63, 3.8) is 0 Å². The van der Waals surface area contributed by atoms with Crippen LogP contribution in [0.4, 0.5) is 0 Å². The second kappa shape index (κ2) is 6.52. The van der Waals surface area contributed by atoms with Crippen molar-refractivity contribution in [2.45, 2.75) is 30.7 Å². The van der Waals surface area contributed by atoms with Crippen LogP contribution in [0.5, 0.6) is 0 Å². The lowest BCUT2D eigenvalue weighted by molar-refractivity contribution is 0.367. The van der Waals surface area contributed by atoms with Crippen molar-refractivity contribution >= 4 is 19.9 Å². The summed E-state index contributed by atoms with van der Waals surface area (Å²) in [7, 11) is -6.88. The predicted octanol–water partition coefficient (Wildman–Crippen LogP) is 1.61. The minimum atomic E-state index is -3.72. The molecule has 1 aliphatic heterocycles. The molecule has 1 aliphatic rings. The summed E-state index contributed by atoms with van der Waals surface area (Å²) in [6.07, 6.45) is 2.66. The smallest absolute Gasteiger partial charge is 0.229 e.